The molecule has 2 saturated heterocycles. The standard InChI is InChI=1S/C19H27N3O2/c1-11(2)17-19(24)22-10-15(8-16(22)18(23)21-17)20-9-14-6-5-12(3)7-13(14)4/h5-7,11,15-17,20H,8-10H2,1-4H3,(H,21,23)/t15-,16-,17-/m0/s1. The average Bonchev–Trinajstić information content (AvgIpc) is 2.95. The number of hydrogen-bond donors (Lipinski definition) is 2. The van der Waals surface area contributed by atoms with E-state index in [0.29, 0.717) is 13.0 Å². The van der Waals surface area contributed by atoms with Crippen molar-refractivity contribution in [3.05, 3.63) is 34.9 Å². The molecule has 5 heteroatoms. The Hall–Kier alpha value is -1.88. The minimum atomic E-state index is -0.383. The average molecular weight is 329 g/mol. The lowest BCUT2D eigenvalue weighted by atomic mass is 9.98. The molecule has 24 heavy (non-hydrogen) atoms. The highest BCUT2D eigenvalue weighted by atomic mass is 16.2. The van der Waals surface area contributed by atoms with Crippen LogP contribution < -0.4 is 10.6 Å². The van der Waals surface area contributed by atoms with Crippen LogP contribution >= 0.6 is 0 Å². The number of benzene rings is 1. The Bertz CT molecular complexity index is 656. The number of amides is 2. The van der Waals surface area contributed by atoms with Crippen molar-refractivity contribution in [1.82, 2.24) is 15.5 Å². The molecular formula is C19H27N3O2. The molecule has 1 aromatic carbocycles. The van der Waals surface area contributed by atoms with Crippen molar-refractivity contribution in [3.8, 4) is 0 Å². The molecule has 0 aliphatic carbocycles. The number of nitrogens with zero attached hydrogens (tertiary/aromatic N) is 1. The third kappa shape index (κ3) is 3.18. The summed E-state index contributed by atoms with van der Waals surface area (Å²) in [7, 11) is 0. The quantitative estimate of drug-likeness (QED) is 0.880. The van der Waals surface area contributed by atoms with E-state index < -0.39 is 0 Å². The third-order valence-electron chi connectivity index (χ3n) is 5.20. The normalized spacial score (nSPS) is 26.7. The first-order valence-electron chi connectivity index (χ1n) is 8.77. The summed E-state index contributed by atoms with van der Waals surface area (Å²) in [6, 6.07) is 5.91. The molecule has 0 bridgehead atoms. The highest BCUT2D eigenvalue weighted by molar-refractivity contribution is 5.97. The van der Waals surface area contributed by atoms with Crippen LogP contribution in [0.5, 0.6) is 0 Å². The molecule has 1 aromatic rings. The molecule has 2 fully saturated rings. The first-order chi connectivity index (χ1) is 11.4. The molecule has 2 N–H and O–H groups in total. The number of aryl methyl sites for hydroxylation is 2. The molecular weight excluding hydrogens is 302 g/mol. The van der Waals surface area contributed by atoms with E-state index in [1.54, 1.807) is 4.90 Å². The van der Waals surface area contributed by atoms with Crippen molar-refractivity contribution >= 4 is 11.8 Å². The van der Waals surface area contributed by atoms with E-state index in [1.807, 2.05) is 13.8 Å². The molecule has 2 aliphatic heterocycles. The second-order valence-electron chi connectivity index (χ2n) is 7.48. The van der Waals surface area contributed by atoms with Crippen LogP contribution in [-0.2, 0) is 16.1 Å². The van der Waals surface area contributed by atoms with E-state index in [9.17, 15) is 9.59 Å². The van der Waals surface area contributed by atoms with Gasteiger partial charge in [-0.1, -0.05) is 37.6 Å². The molecule has 2 aliphatic rings. The van der Waals surface area contributed by atoms with Crippen molar-refractivity contribution < 1.29 is 9.59 Å². The van der Waals surface area contributed by atoms with Gasteiger partial charge in [-0.3, -0.25) is 9.59 Å². The van der Waals surface area contributed by atoms with Crippen LogP contribution in [0.3, 0.4) is 0 Å². The maximum Gasteiger partial charge on any atom is 0.246 e. The Balaban J connectivity index is 1.64. The largest absolute Gasteiger partial charge is 0.342 e. The van der Waals surface area contributed by atoms with Gasteiger partial charge in [0.15, 0.2) is 0 Å². The van der Waals surface area contributed by atoms with Gasteiger partial charge in [-0.15, -0.1) is 0 Å². The fraction of sp³-hybridized carbons (Fsp3) is 0.579. The predicted molar refractivity (Wildman–Crippen MR) is 93.4 cm³/mol. The molecule has 3 atom stereocenters. The molecule has 0 radical (unpaired) electrons. The lowest BCUT2D eigenvalue weighted by Crippen LogP contribution is -2.62. The Kier molecular flexibility index (Phi) is 4.63. The molecule has 3 rings (SSSR count). The maximum absolute atomic E-state index is 12.6. The second-order valence-corrected chi connectivity index (χ2v) is 7.48. The highest BCUT2D eigenvalue weighted by Gasteiger charge is 2.46. The van der Waals surface area contributed by atoms with Crippen LogP contribution in [0, 0.1) is 19.8 Å². The van der Waals surface area contributed by atoms with E-state index in [1.165, 1.54) is 16.7 Å². The molecule has 0 spiro atoms. The van der Waals surface area contributed by atoms with Gasteiger partial charge in [-0.05, 0) is 37.3 Å². The highest BCUT2D eigenvalue weighted by Crippen LogP contribution is 2.25. The lowest BCUT2D eigenvalue weighted by Gasteiger charge is -2.36. The molecule has 5 nitrogen and oxygen atoms in total. The monoisotopic (exact) mass is 329 g/mol. The zero-order chi connectivity index (χ0) is 17.4. The summed E-state index contributed by atoms with van der Waals surface area (Å²) < 4.78 is 0. The fourth-order valence-electron chi connectivity index (χ4n) is 3.72. The first kappa shape index (κ1) is 17.0. The molecule has 0 unspecified atom stereocenters. The van der Waals surface area contributed by atoms with Crippen LogP contribution in [0.1, 0.15) is 37.0 Å². The number of piperazine rings is 1. The van der Waals surface area contributed by atoms with Gasteiger partial charge in [0.25, 0.3) is 0 Å². The van der Waals surface area contributed by atoms with Gasteiger partial charge in [0.2, 0.25) is 11.8 Å². The number of nitrogens with one attached hydrogen (secondary N) is 2. The molecule has 130 valence electrons. The minimum absolute atomic E-state index is 0.0101. The zero-order valence-electron chi connectivity index (χ0n) is 14.9. The van der Waals surface area contributed by atoms with E-state index in [2.05, 4.69) is 42.7 Å². The van der Waals surface area contributed by atoms with E-state index in [-0.39, 0.29) is 35.9 Å². The van der Waals surface area contributed by atoms with Gasteiger partial charge < -0.3 is 15.5 Å². The van der Waals surface area contributed by atoms with E-state index in [4.69, 9.17) is 0 Å². The Morgan fingerprint density at radius 2 is 2.04 bits per heavy atom. The van der Waals surface area contributed by atoms with Crippen molar-refractivity contribution in [1.29, 1.82) is 0 Å². The number of carbonyl (C=O) groups is 2. The van der Waals surface area contributed by atoms with Crippen molar-refractivity contribution in [3.63, 3.8) is 0 Å². The molecule has 0 aromatic heterocycles. The third-order valence-corrected chi connectivity index (χ3v) is 5.20. The van der Waals surface area contributed by atoms with Crippen LogP contribution in [0.2, 0.25) is 0 Å². The van der Waals surface area contributed by atoms with Gasteiger partial charge in [-0.2, -0.15) is 0 Å². The predicted octanol–water partition coefficient (Wildman–Crippen LogP) is 1.52. The summed E-state index contributed by atoms with van der Waals surface area (Å²) in [5.74, 6) is 0.166. The van der Waals surface area contributed by atoms with Crippen LogP contribution in [0.25, 0.3) is 0 Å². The molecule has 0 saturated carbocycles. The Morgan fingerprint density at radius 3 is 2.71 bits per heavy atom. The fourth-order valence-corrected chi connectivity index (χ4v) is 3.72. The topological polar surface area (TPSA) is 61.4 Å². The molecule has 2 heterocycles. The van der Waals surface area contributed by atoms with Crippen LogP contribution in [0.4, 0.5) is 0 Å². The Morgan fingerprint density at radius 1 is 1.29 bits per heavy atom. The summed E-state index contributed by atoms with van der Waals surface area (Å²) in [4.78, 5) is 26.7. The van der Waals surface area contributed by atoms with Gasteiger partial charge >= 0.3 is 0 Å². The summed E-state index contributed by atoms with van der Waals surface area (Å²) in [5.41, 5.74) is 3.80. The minimum Gasteiger partial charge on any atom is -0.342 e. The summed E-state index contributed by atoms with van der Waals surface area (Å²) in [6.07, 6.45) is 0.688. The van der Waals surface area contributed by atoms with Gasteiger partial charge in [0, 0.05) is 19.1 Å². The zero-order valence-corrected chi connectivity index (χ0v) is 14.9. The number of rotatable bonds is 4. The number of hydrogen-bond acceptors (Lipinski definition) is 3. The van der Waals surface area contributed by atoms with Crippen molar-refractivity contribution in [2.75, 3.05) is 6.54 Å². The van der Waals surface area contributed by atoms with Crippen molar-refractivity contribution in [2.24, 2.45) is 5.92 Å². The summed E-state index contributed by atoms with van der Waals surface area (Å²) >= 11 is 0. The lowest BCUT2D eigenvalue weighted by molar-refractivity contribution is -0.148. The Labute approximate surface area is 143 Å². The second kappa shape index (κ2) is 6.55. The first-order valence-corrected chi connectivity index (χ1v) is 8.77. The van der Waals surface area contributed by atoms with Gasteiger partial charge in [0.05, 0.1) is 0 Å². The molecule has 2 amide bonds. The summed E-state index contributed by atoms with van der Waals surface area (Å²) in [6.45, 7) is 9.52. The van der Waals surface area contributed by atoms with E-state index in [0.717, 1.165) is 6.54 Å². The van der Waals surface area contributed by atoms with Crippen LogP contribution in [-0.4, -0.2) is 41.4 Å². The van der Waals surface area contributed by atoms with Crippen LogP contribution in [0.15, 0.2) is 18.2 Å². The van der Waals surface area contributed by atoms with Gasteiger partial charge in [-0.25, -0.2) is 0 Å². The maximum atomic E-state index is 12.6. The van der Waals surface area contributed by atoms with Gasteiger partial charge in [0.1, 0.15) is 12.1 Å². The number of fused-ring (bicyclic) bond motifs is 1. The number of carbonyl (C=O) groups excluding carboxylic acids is 2. The SMILES string of the molecule is Cc1ccc(CN[C@H]2C[C@H]3C(=O)N[C@@H](C(C)C)C(=O)N3C2)c(C)c1. The van der Waals surface area contributed by atoms with E-state index >= 15 is 0 Å². The van der Waals surface area contributed by atoms with Crippen molar-refractivity contribution in [2.45, 2.75) is 58.8 Å². The summed E-state index contributed by atoms with van der Waals surface area (Å²) in [5, 5.41) is 6.41. The smallest absolute Gasteiger partial charge is 0.246 e.